The van der Waals surface area contributed by atoms with Crippen molar-refractivity contribution >= 4 is 0 Å². The first kappa shape index (κ1) is 14.1. The molecule has 0 amide bonds. The summed E-state index contributed by atoms with van der Waals surface area (Å²) in [6, 6.07) is 11.6. The van der Waals surface area contributed by atoms with Crippen LogP contribution in [0.25, 0.3) is 0 Å². The molecule has 110 valence electrons. The van der Waals surface area contributed by atoms with E-state index in [9.17, 15) is 0 Å². The molecule has 3 rings (SSSR count). The van der Waals surface area contributed by atoms with Gasteiger partial charge in [0.2, 0.25) is 0 Å². The van der Waals surface area contributed by atoms with Crippen LogP contribution >= 0.6 is 0 Å². The summed E-state index contributed by atoms with van der Waals surface area (Å²) >= 11 is 0. The lowest BCUT2D eigenvalue weighted by Gasteiger charge is -2.40. The van der Waals surface area contributed by atoms with E-state index in [-0.39, 0.29) is 0 Å². The second-order valence-corrected chi connectivity index (χ2v) is 5.96. The van der Waals surface area contributed by atoms with Gasteiger partial charge in [-0.2, -0.15) is 0 Å². The van der Waals surface area contributed by atoms with Crippen LogP contribution in [0.5, 0.6) is 0 Å². The minimum atomic E-state index is 0.778. The van der Waals surface area contributed by atoms with Gasteiger partial charge in [0.15, 0.2) is 0 Å². The zero-order valence-corrected chi connectivity index (χ0v) is 12.3. The Bertz CT molecular complexity index is 381. The lowest BCUT2D eigenvalue weighted by Crippen LogP contribution is -2.51. The third-order valence-electron chi connectivity index (χ3n) is 4.67. The van der Waals surface area contributed by atoms with E-state index in [2.05, 4.69) is 40.1 Å². The van der Waals surface area contributed by atoms with Crippen LogP contribution in [0.2, 0.25) is 0 Å². The first-order valence-electron chi connectivity index (χ1n) is 8.00. The van der Waals surface area contributed by atoms with Crippen LogP contribution in [0.1, 0.15) is 18.4 Å². The summed E-state index contributed by atoms with van der Waals surface area (Å²) in [5, 5.41) is 0. The highest BCUT2D eigenvalue weighted by atomic mass is 16.5. The molecule has 2 aliphatic rings. The Morgan fingerprint density at radius 3 is 2.35 bits per heavy atom. The number of benzene rings is 1. The molecule has 0 spiro atoms. The molecule has 0 unspecified atom stereocenters. The lowest BCUT2D eigenvalue weighted by molar-refractivity contribution is 0.0140. The number of rotatable bonds is 4. The number of nitrogens with zero attached hydrogens (tertiary/aromatic N) is 2. The third kappa shape index (κ3) is 3.81. The number of ether oxygens (including phenoxy) is 1. The fraction of sp³-hybridized carbons (Fsp3) is 0.647. The highest BCUT2D eigenvalue weighted by Crippen LogP contribution is 2.16. The van der Waals surface area contributed by atoms with E-state index in [0.29, 0.717) is 0 Å². The summed E-state index contributed by atoms with van der Waals surface area (Å²) in [6.07, 6.45) is 3.63. The molecular formula is C17H26N2O. The smallest absolute Gasteiger partial charge is 0.0480 e. The van der Waals surface area contributed by atoms with Gasteiger partial charge in [-0.25, -0.2) is 0 Å². The molecule has 3 heteroatoms. The SMILES string of the molecule is c1ccc(CCN2CCN(C3CCOCC3)CC2)cc1. The summed E-state index contributed by atoms with van der Waals surface area (Å²) in [5.74, 6) is 0. The fourth-order valence-corrected chi connectivity index (χ4v) is 3.33. The maximum Gasteiger partial charge on any atom is 0.0480 e. The Morgan fingerprint density at radius 2 is 1.65 bits per heavy atom. The maximum absolute atomic E-state index is 5.46. The average molecular weight is 274 g/mol. The molecule has 0 radical (unpaired) electrons. The summed E-state index contributed by atoms with van der Waals surface area (Å²) in [4.78, 5) is 5.30. The van der Waals surface area contributed by atoms with Crippen molar-refractivity contribution in [2.75, 3.05) is 45.9 Å². The predicted molar refractivity (Wildman–Crippen MR) is 82.0 cm³/mol. The standard InChI is InChI=1S/C17H26N2O/c1-2-4-16(5-3-1)6-9-18-10-12-19(13-11-18)17-7-14-20-15-8-17/h1-5,17H,6-15H2. The average Bonchev–Trinajstić information content (AvgIpc) is 2.55. The second kappa shape index (κ2) is 7.21. The van der Waals surface area contributed by atoms with Crippen molar-refractivity contribution in [3.05, 3.63) is 35.9 Å². The quantitative estimate of drug-likeness (QED) is 0.835. The Labute approximate surface area is 122 Å². The molecule has 0 saturated carbocycles. The predicted octanol–water partition coefficient (Wildman–Crippen LogP) is 2.03. The van der Waals surface area contributed by atoms with E-state index in [1.54, 1.807) is 0 Å². The van der Waals surface area contributed by atoms with Gasteiger partial charge < -0.3 is 9.64 Å². The first-order valence-corrected chi connectivity index (χ1v) is 8.00. The molecule has 0 bridgehead atoms. The van der Waals surface area contributed by atoms with Gasteiger partial charge in [-0.1, -0.05) is 30.3 Å². The van der Waals surface area contributed by atoms with Crippen molar-refractivity contribution in [2.24, 2.45) is 0 Å². The molecule has 0 aliphatic carbocycles. The molecule has 2 heterocycles. The number of hydrogen-bond donors (Lipinski definition) is 0. The summed E-state index contributed by atoms with van der Waals surface area (Å²) in [7, 11) is 0. The minimum absolute atomic E-state index is 0.778. The summed E-state index contributed by atoms with van der Waals surface area (Å²) in [6.45, 7) is 8.04. The molecule has 1 aromatic rings. The number of piperazine rings is 1. The van der Waals surface area contributed by atoms with Crippen LogP contribution in [-0.4, -0.2) is 61.8 Å². The third-order valence-corrected chi connectivity index (χ3v) is 4.67. The highest BCUT2D eigenvalue weighted by Gasteiger charge is 2.25. The van der Waals surface area contributed by atoms with Crippen molar-refractivity contribution in [1.82, 2.24) is 9.80 Å². The molecular weight excluding hydrogens is 248 g/mol. The van der Waals surface area contributed by atoms with Crippen LogP contribution in [-0.2, 0) is 11.2 Å². The van der Waals surface area contributed by atoms with Gasteiger partial charge in [0.1, 0.15) is 0 Å². The van der Waals surface area contributed by atoms with Crippen LogP contribution in [0.15, 0.2) is 30.3 Å². The number of hydrogen-bond acceptors (Lipinski definition) is 3. The second-order valence-electron chi connectivity index (χ2n) is 5.96. The van der Waals surface area contributed by atoms with Gasteiger partial charge in [-0.15, -0.1) is 0 Å². The summed E-state index contributed by atoms with van der Waals surface area (Å²) in [5.41, 5.74) is 1.46. The zero-order chi connectivity index (χ0) is 13.6. The fourth-order valence-electron chi connectivity index (χ4n) is 3.33. The Kier molecular flexibility index (Phi) is 5.06. The monoisotopic (exact) mass is 274 g/mol. The Hall–Kier alpha value is -0.900. The van der Waals surface area contributed by atoms with E-state index < -0.39 is 0 Å². The normalized spacial score (nSPS) is 23.0. The van der Waals surface area contributed by atoms with E-state index >= 15 is 0 Å². The molecule has 1 aromatic carbocycles. The Morgan fingerprint density at radius 1 is 0.950 bits per heavy atom. The first-order chi connectivity index (χ1) is 9.92. The molecule has 0 atom stereocenters. The van der Waals surface area contributed by atoms with Crippen LogP contribution < -0.4 is 0 Å². The van der Waals surface area contributed by atoms with Crippen molar-refractivity contribution in [3.8, 4) is 0 Å². The zero-order valence-electron chi connectivity index (χ0n) is 12.3. The van der Waals surface area contributed by atoms with Crippen molar-refractivity contribution in [1.29, 1.82) is 0 Å². The largest absolute Gasteiger partial charge is 0.381 e. The van der Waals surface area contributed by atoms with E-state index in [0.717, 1.165) is 19.3 Å². The topological polar surface area (TPSA) is 15.7 Å². The van der Waals surface area contributed by atoms with Gasteiger partial charge in [0.25, 0.3) is 0 Å². The van der Waals surface area contributed by atoms with Crippen LogP contribution in [0.4, 0.5) is 0 Å². The molecule has 20 heavy (non-hydrogen) atoms. The highest BCUT2D eigenvalue weighted by molar-refractivity contribution is 5.14. The molecule has 3 nitrogen and oxygen atoms in total. The maximum atomic E-state index is 5.46. The van der Waals surface area contributed by atoms with Crippen molar-refractivity contribution < 1.29 is 4.74 Å². The van der Waals surface area contributed by atoms with Crippen molar-refractivity contribution in [2.45, 2.75) is 25.3 Å². The molecule has 2 aliphatic heterocycles. The van der Waals surface area contributed by atoms with E-state index in [1.165, 1.54) is 57.5 Å². The van der Waals surface area contributed by atoms with Crippen LogP contribution in [0.3, 0.4) is 0 Å². The van der Waals surface area contributed by atoms with Gasteiger partial charge in [-0.3, -0.25) is 4.90 Å². The van der Waals surface area contributed by atoms with Gasteiger partial charge in [0.05, 0.1) is 0 Å². The van der Waals surface area contributed by atoms with Crippen molar-refractivity contribution in [3.63, 3.8) is 0 Å². The molecule has 2 fully saturated rings. The Balaban J connectivity index is 1.40. The minimum Gasteiger partial charge on any atom is -0.381 e. The van der Waals surface area contributed by atoms with Gasteiger partial charge in [-0.05, 0) is 24.8 Å². The molecule has 2 saturated heterocycles. The van der Waals surface area contributed by atoms with Crippen LogP contribution in [0, 0.1) is 0 Å². The van der Waals surface area contributed by atoms with Gasteiger partial charge >= 0.3 is 0 Å². The molecule has 0 N–H and O–H groups in total. The van der Waals surface area contributed by atoms with E-state index in [4.69, 9.17) is 4.74 Å². The molecule has 0 aromatic heterocycles. The lowest BCUT2D eigenvalue weighted by atomic mass is 10.1. The van der Waals surface area contributed by atoms with Gasteiger partial charge in [0, 0.05) is 52.0 Å². The summed E-state index contributed by atoms with van der Waals surface area (Å²) < 4.78 is 5.46. The van der Waals surface area contributed by atoms with E-state index in [1.807, 2.05) is 0 Å².